The molecule has 0 atom stereocenters. The van der Waals surface area contributed by atoms with Gasteiger partial charge in [-0.15, -0.1) is 0 Å². The molecule has 0 saturated heterocycles. The van der Waals surface area contributed by atoms with Crippen LogP contribution in [0.15, 0.2) is 119 Å². The lowest BCUT2D eigenvalue weighted by Crippen LogP contribution is -2.40. The fourth-order valence-corrected chi connectivity index (χ4v) is 5.40. The third kappa shape index (κ3) is 7.37. The minimum absolute atomic E-state index is 0.0353. The molecule has 210 valence electrons. The van der Waals surface area contributed by atoms with Crippen molar-refractivity contribution in [2.45, 2.75) is 18.7 Å². The van der Waals surface area contributed by atoms with Gasteiger partial charge in [-0.25, -0.2) is 13.8 Å². The smallest absolute Gasteiger partial charge is 0.264 e. The van der Waals surface area contributed by atoms with E-state index in [0.29, 0.717) is 34.9 Å². The van der Waals surface area contributed by atoms with Gasteiger partial charge in [0.15, 0.2) is 0 Å². The number of hydrogen-bond acceptors (Lipinski definition) is 6. The highest BCUT2D eigenvalue weighted by Gasteiger charge is 2.29. The summed E-state index contributed by atoms with van der Waals surface area (Å²) in [6.45, 7) is 3.27. The first-order valence-corrected chi connectivity index (χ1v) is 14.3. The molecule has 0 bridgehead atoms. The molecule has 4 rings (SSSR count). The number of nitrogens with zero attached hydrogens (tertiary/aromatic N) is 2. The number of carbonyl (C=O) groups excluding carboxylic acids is 2. The Kier molecular flexibility index (Phi) is 9.49. The van der Waals surface area contributed by atoms with Crippen LogP contribution in [-0.2, 0) is 14.8 Å². The number of hydrogen-bond donors (Lipinski definition) is 2. The SMILES string of the molecule is CCOc1ccccc1N(CC(=O)NN=C(C)c1cccc(NC(=O)c2ccccc2)c1)S(=O)(=O)c1ccccc1. The number of rotatable bonds is 11. The van der Waals surface area contributed by atoms with Gasteiger partial charge in [-0.05, 0) is 67.9 Å². The van der Waals surface area contributed by atoms with Crippen molar-refractivity contribution in [3.63, 3.8) is 0 Å². The van der Waals surface area contributed by atoms with E-state index in [1.807, 2.05) is 6.07 Å². The molecule has 9 nitrogen and oxygen atoms in total. The Balaban J connectivity index is 1.53. The van der Waals surface area contributed by atoms with Gasteiger partial charge >= 0.3 is 0 Å². The van der Waals surface area contributed by atoms with Gasteiger partial charge in [-0.1, -0.05) is 60.7 Å². The van der Waals surface area contributed by atoms with Gasteiger partial charge < -0.3 is 10.1 Å². The Labute approximate surface area is 239 Å². The highest BCUT2D eigenvalue weighted by atomic mass is 32.2. The second kappa shape index (κ2) is 13.4. The van der Waals surface area contributed by atoms with Gasteiger partial charge in [0.05, 0.1) is 22.9 Å². The lowest BCUT2D eigenvalue weighted by Gasteiger charge is -2.25. The molecule has 0 aliphatic heterocycles. The lowest BCUT2D eigenvalue weighted by atomic mass is 10.1. The van der Waals surface area contributed by atoms with Crippen LogP contribution in [0, 0.1) is 0 Å². The van der Waals surface area contributed by atoms with Gasteiger partial charge in [0.25, 0.3) is 21.8 Å². The van der Waals surface area contributed by atoms with Gasteiger partial charge in [0.2, 0.25) is 0 Å². The summed E-state index contributed by atoms with van der Waals surface area (Å²) in [4.78, 5) is 25.6. The first-order chi connectivity index (χ1) is 19.8. The molecule has 0 aliphatic rings. The molecule has 0 heterocycles. The van der Waals surface area contributed by atoms with E-state index < -0.39 is 22.5 Å². The number of sulfonamides is 1. The van der Waals surface area contributed by atoms with Crippen LogP contribution in [0.1, 0.15) is 29.8 Å². The second-order valence-corrected chi connectivity index (χ2v) is 10.7. The fourth-order valence-electron chi connectivity index (χ4n) is 3.95. The lowest BCUT2D eigenvalue weighted by molar-refractivity contribution is -0.119. The van der Waals surface area contributed by atoms with Gasteiger partial charge in [0, 0.05) is 11.3 Å². The summed E-state index contributed by atoms with van der Waals surface area (Å²) in [6.07, 6.45) is 0. The maximum atomic E-state index is 13.6. The topological polar surface area (TPSA) is 117 Å². The second-order valence-electron chi connectivity index (χ2n) is 8.86. The molecule has 0 spiro atoms. The Morgan fingerprint density at radius 1 is 0.829 bits per heavy atom. The number of amides is 2. The predicted molar refractivity (Wildman–Crippen MR) is 160 cm³/mol. The molecule has 41 heavy (non-hydrogen) atoms. The maximum absolute atomic E-state index is 13.6. The van der Waals surface area contributed by atoms with E-state index in [1.54, 1.807) is 105 Å². The average molecular weight is 571 g/mol. The zero-order valence-corrected chi connectivity index (χ0v) is 23.5. The largest absolute Gasteiger partial charge is 0.492 e. The van der Waals surface area contributed by atoms with E-state index in [2.05, 4.69) is 15.8 Å². The monoisotopic (exact) mass is 570 g/mol. The molecule has 0 unspecified atom stereocenters. The molecule has 4 aromatic carbocycles. The van der Waals surface area contributed by atoms with Crippen molar-refractivity contribution in [1.29, 1.82) is 0 Å². The van der Waals surface area contributed by atoms with E-state index in [1.165, 1.54) is 12.1 Å². The first kappa shape index (κ1) is 29.0. The van der Waals surface area contributed by atoms with Crippen LogP contribution in [0.2, 0.25) is 0 Å². The molecule has 0 fully saturated rings. The Hall–Kier alpha value is -4.96. The van der Waals surface area contributed by atoms with E-state index >= 15 is 0 Å². The molecule has 2 N–H and O–H groups in total. The summed E-state index contributed by atoms with van der Waals surface area (Å²) in [5.74, 6) is -0.572. The number of anilines is 2. The Morgan fingerprint density at radius 3 is 2.17 bits per heavy atom. The number of benzene rings is 4. The van der Waals surface area contributed by atoms with E-state index in [0.717, 1.165) is 4.31 Å². The van der Waals surface area contributed by atoms with Crippen LogP contribution in [-0.4, -0.2) is 39.1 Å². The van der Waals surface area contributed by atoms with Crippen LogP contribution in [0.4, 0.5) is 11.4 Å². The van der Waals surface area contributed by atoms with Gasteiger partial charge in [0.1, 0.15) is 12.3 Å². The number of nitrogens with one attached hydrogen (secondary N) is 2. The standard InChI is InChI=1S/C31H30N4O5S/c1-3-40-29-20-11-10-19-28(29)35(41(38,39)27-17-8-5-9-18-27)22-30(36)34-33-23(2)25-15-12-16-26(21-25)32-31(37)24-13-6-4-7-14-24/h4-21H,3,22H2,1-2H3,(H,32,37)(H,34,36). The summed E-state index contributed by atoms with van der Waals surface area (Å²) in [6, 6.07) is 30.4. The molecule has 4 aromatic rings. The quantitative estimate of drug-likeness (QED) is 0.193. The van der Waals surface area contributed by atoms with E-state index in [4.69, 9.17) is 4.74 Å². The molecule has 0 aromatic heterocycles. The fraction of sp³-hybridized carbons (Fsp3) is 0.129. The van der Waals surface area contributed by atoms with Crippen molar-refractivity contribution in [1.82, 2.24) is 5.43 Å². The molecular weight excluding hydrogens is 540 g/mol. The van der Waals surface area contributed by atoms with Crippen molar-refractivity contribution in [3.8, 4) is 5.75 Å². The van der Waals surface area contributed by atoms with Gasteiger partial charge in [-0.3, -0.25) is 13.9 Å². The minimum Gasteiger partial charge on any atom is -0.492 e. The van der Waals surface area contributed by atoms with Crippen LogP contribution in [0.5, 0.6) is 5.75 Å². The zero-order chi connectivity index (χ0) is 29.2. The number of para-hydroxylation sites is 2. The van der Waals surface area contributed by atoms with Crippen LogP contribution < -0.4 is 19.8 Å². The first-order valence-electron chi connectivity index (χ1n) is 12.9. The highest BCUT2D eigenvalue weighted by molar-refractivity contribution is 7.92. The minimum atomic E-state index is -4.12. The van der Waals surface area contributed by atoms with Crippen molar-refractivity contribution in [2.75, 3.05) is 22.8 Å². The van der Waals surface area contributed by atoms with Crippen molar-refractivity contribution in [3.05, 3.63) is 120 Å². The normalized spacial score (nSPS) is 11.4. The summed E-state index contributed by atoms with van der Waals surface area (Å²) < 4.78 is 33.9. The average Bonchev–Trinajstić information content (AvgIpc) is 3.00. The molecule has 0 radical (unpaired) electrons. The summed E-state index contributed by atoms with van der Waals surface area (Å²) >= 11 is 0. The van der Waals surface area contributed by atoms with Crippen molar-refractivity contribution < 1.29 is 22.7 Å². The Bertz CT molecular complexity index is 1640. The highest BCUT2D eigenvalue weighted by Crippen LogP contribution is 2.32. The summed E-state index contributed by atoms with van der Waals surface area (Å²) in [5, 5.41) is 7.03. The van der Waals surface area contributed by atoms with Crippen molar-refractivity contribution >= 4 is 38.9 Å². The number of carbonyl (C=O) groups is 2. The molecule has 2 amide bonds. The third-order valence-electron chi connectivity index (χ3n) is 5.97. The predicted octanol–water partition coefficient (Wildman–Crippen LogP) is 5.07. The molecule has 0 aliphatic carbocycles. The van der Waals surface area contributed by atoms with Crippen LogP contribution in [0.25, 0.3) is 0 Å². The molecular formula is C31H30N4O5S. The maximum Gasteiger partial charge on any atom is 0.264 e. The Morgan fingerprint density at radius 2 is 1.46 bits per heavy atom. The van der Waals surface area contributed by atoms with E-state index in [9.17, 15) is 18.0 Å². The third-order valence-corrected chi connectivity index (χ3v) is 7.75. The summed E-state index contributed by atoms with van der Waals surface area (Å²) in [7, 11) is -4.12. The molecule has 0 saturated carbocycles. The number of hydrazone groups is 1. The van der Waals surface area contributed by atoms with Crippen molar-refractivity contribution in [2.24, 2.45) is 5.10 Å². The van der Waals surface area contributed by atoms with Crippen LogP contribution >= 0.6 is 0 Å². The summed E-state index contributed by atoms with van der Waals surface area (Å²) in [5.41, 5.74) is 4.89. The van der Waals surface area contributed by atoms with E-state index in [-0.39, 0.29) is 16.5 Å². The van der Waals surface area contributed by atoms with Crippen LogP contribution in [0.3, 0.4) is 0 Å². The zero-order valence-electron chi connectivity index (χ0n) is 22.7. The molecule has 10 heteroatoms. The number of ether oxygens (including phenoxy) is 1. The van der Waals surface area contributed by atoms with Gasteiger partial charge in [-0.2, -0.15) is 5.10 Å².